The molecule has 0 radical (unpaired) electrons. The topological polar surface area (TPSA) is 71.3 Å². The minimum absolute atomic E-state index is 0.0984. The third-order valence-electron chi connectivity index (χ3n) is 4.16. The first-order valence-corrected chi connectivity index (χ1v) is 8.62. The Kier molecular flexibility index (Phi) is 5.10. The highest BCUT2D eigenvalue weighted by molar-refractivity contribution is 6.02. The minimum atomic E-state index is -1.02. The van der Waals surface area contributed by atoms with E-state index in [2.05, 4.69) is 5.32 Å². The standard InChI is InChI=1S/C21H21FN2O3/c1-21(2,27)13-24-11-10-15-16(20(24)26)7-5-9-18(15)23-19(25)12-14-6-3-4-8-17(14)22/h3-11,27H,12-13H2,1-2H3,(H,23,25). The molecule has 27 heavy (non-hydrogen) atoms. The molecule has 6 heteroatoms. The van der Waals surface area contributed by atoms with E-state index in [1.807, 2.05) is 0 Å². The quantitative estimate of drug-likeness (QED) is 0.727. The number of nitrogens with zero attached hydrogens (tertiary/aromatic N) is 1. The van der Waals surface area contributed by atoms with E-state index in [0.717, 1.165) is 0 Å². The van der Waals surface area contributed by atoms with Gasteiger partial charge in [-0.1, -0.05) is 24.3 Å². The molecular formula is C21H21FN2O3. The maximum Gasteiger partial charge on any atom is 0.258 e. The first-order chi connectivity index (χ1) is 12.7. The highest BCUT2D eigenvalue weighted by atomic mass is 19.1. The van der Waals surface area contributed by atoms with E-state index in [1.165, 1.54) is 10.6 Å². The zero-order valence-electron chi connectivity index (χ0n) is 15.2. The monoisotopic (exact) mass is 368 g/mol. The van der Waals surface area contributed by atoms with Crippen molar-refractivity contribution in [1.82, 2.24) is 4.57 Å². The number of hydrogen-bond acceptors (Lipinski definition) is 3. The maximum atomic E-state index is 13.7. The van der Waals surface area contributed by atoms with E-state index in [1.54, 1.807) is 62.5 Å². The summed E-state index contributed by atoms with van der Waals surface area (Å²) in [6.07, 6.45) is 1.49. The van der Waals surface area contributed by atoms with Crippen LogP contribution in [0.2, 0.25) is 0 Å². The van der Waals surface area contributed by atoms with Gasteiger partial charge in [-0.05, 0) is 43.7 Å². The number of anilines is 1. The van der Waals surface area contributed by atoms with E-state index in [-0.39, 0.29) is 24.4 Å². The number of nitrogens with one attached hydrogen (secondary N) is 1. The summed E-state index contributed by atoms with van der Waals surface area (Å²) in [7, 11) is 0. The number of aromatic nitrogens is 1. The van der Waals surface area contributed by atoms with Gasteiger partial charge in [0, 0.05) is 22.7 Å². The molecule has 0 aliphatic carbocycles. The number of amides is 1. The highest BCUT2D eigenvalue weighted by Crippen LogP contribution is 2.21. The molecule has 0 spiro atoms. The molecule has 3 rings (SSSR count). The first kappa shape index (κ1) is 18.8. The molecule has 1 aromatic heterocycles. The van der Waals surface area contributed by atoms with Crippen LogP contribution >= 0.6 is 0 Å². The SMILES string of the molecule is CC(C)(O)Cn1ccc2c(NC(=O)Cc3ccccc3F)cccc2c1=O. The fourth-order valence-electron chi connectivity index (χ4n) is 2.98. The molecule has 2 aromatic carbocycles. The highest BCUT2D eigenvalue weighted by Gasteiger charge is 2.16. The molecule has 0 bridgehead atoms. The summed E-state index contributed by atoms with van der Waals surface area (Å²) in [5, 5.41) is 13.7. The molecule has 2 N–H and O–H groups in total. The molecule has 0 unspecified atom stereocenters. The second-order valence-electron chi connectivity index (χ2n) is 7.14. The number of fused-ring (bicyclic) bond motifs is 1. The predicted octanol–water partition coefficient (Wildman–Crippen LogP) is 3.09. The van der Waals surface area contributed by atoms with Gasteiger partial charge in [-0.3, -0.25) is 9.59 Å². The first-order valence-electron chi connectivity index (χ1n) is 8.62. The van der Waals surface area contributed by atoms with Crippen molar-refractivity contribution in [2.24, 2.45) is 0 Å². The zero-order chi connectivity index (χ0) is 19.6. The molecule has 3 aromatic rings. The van der Waals surface area contributed by atoms with Gasteiger partial charge in [0.15, 0.2) is 0 Å². The Morgan fingerprint density at radius 1 is 1.11 bits per heavy atom. The molecule has 0 saturated heterocycles. The summed E-state index contributed by atoms with van der Waals surface area (Å²) >= 11 is 0. The van der Waals surface area contributed by atoms with Gasteiger partial charge in [-0.15, -0.1) is 0 Å². The van der Waals surface area contributed by atoms with E-state index in [4.69, 9.17) is 0 Å². The van der Waals surface area contributed by atoms with Crippen LogP contribution in [-0.2, 0) is 17.8 Å². The van der Waals surface area contributed by atoms with Crippen LogP contribution in [0.3, 0.4) is 0 Å². The van der Waals surface area contributed by atoms with Crippen molar-refractivity contribution < 1.29 is 14.3 Å². The molecular weight excluding hydrogens is 347 g/mol. The van der Waals surface area contributed by atoms with Crippen molar-refractivity contribution in [2.75, 3.05) is 5.32 Å². The van der Waals surface area contributed by atoms with Crippen LogP contribution in [-0.4, -0.2) is 21.2 Å². The average Bonchev–Trinajstić information content (AvgIpc) is 2.59. The van der Waals surface area contributed by atoms with Crippen molar-refractivity contribution >= 4 is 22.4 Å². The second kappa shape index (κ2) is 7.32. The molecule has 0 saturated carbocycles. The van der Waals surface area contributed by atoms with Gasteiger partial charge in [0.2, 0.25) is 5.91 Å². The number of rotatable bonds is 5. The number of carbonyl (C=O) groups excluding carboxylic acids is 1. The molecule has 1 amide bonds. The summed E-state index contributed by atoms with van der Waals surface area (Å²) in [6.45, 7) is 3.41. The number of benzene rings is 2. The van der Waals surface area contributed by atoms with Gasteiger partial charge in [0.05, 0.1) is 18.6 Å². The Morgan fingerprint density at radius 3 is 2.56 bits per heavy atom. The van der Waals surface area contributed by atoms with Gasteiger partial charge in [0.25, 0.3) is 5.56 Å². The fraction of sp³-hybridized carbons (Fsp3) is 0.238. The average molecular weight is 368 g/mol. The van der Waals surface area contributed by atoms with Crippen LogP contribution < -0.4 is 10.9 Å². The molecule has 5 nitrogen and oxygen atoms in total. The molecule has 140 valence electrons. The van der Waals surface area contributed by atoms with Gasteiger partial charge < -0.3 is 15.0 Å². The van der Waals surface area contributed by atoms with Crippen molar-refractivity contribution in [1.29, 1.82) is 0 Å². The summed E-state index contributed by atoms with van der Waals surface area (Å²) in [4.78, 5) is 25.0. The van der Waals surface area contributed by atoms with E-state index < -0.39 is 11.4 Å². The summed E-state index contributed by atoms with van der Waals surface area (Å²) in [6, 6.07) is 12.9. The van der Waals surface area contributed by atoms with Crippen molar-refractivity contribution in [3.05, 3.63) is 76.5 Å². The largest absolute Gasteiger partial charge is 0.389 e. The summed E-state index contributed by atoms with van der Waals surface area (Å²) in [5.74, 6) is -0.798. The van der Waals surface area contributed by atoms with Gasteiger partial charge in [0.1, 0.15) is 5.82 Å². The number of pyridine rings is 1. The van der Waals surface area contributed by atoms with Crippen LogP contribution in [0.4, 0.5) is 10.1 Å². The van der Waals surface area contributed by atoms with E-state index in [9.17, 15) is 19.1 Å². The van der Waals surface area contributed by atoms with Crippen LogP contribution in [0.15, 0.2) is 59.5 Å². The van der Waals surface area contributed by atoms with Gasteiger partial charge in [-0.25, -0.2) is 4.39 Å². The Hall–Kier alpha value is -2.99. The Balaban J connectivity index is 1.89. The Morgan fingerprint density at radius 2 is 1.85 bits per heavy atom. The lowest BCUT2D eigenvalue weighted by atomic mass is 10.1. The van der Waals surface area contributed by atoms with Crippen molar-refractivity contribution in [2.45, 2.75) is 32.4 Å². The summed E-state index contributed by atoms with van der Waals surface area (Å²) < 4.78 is 15.2. The normalized spacial score (nSPS) is 11.6. The minimum Gasteiger partial charge on any atom is -0.389 e. The number of halogens is 1. The Labute approximate surface area is 156 Å². The lowest BCUT2D eigenvalue weighted by Gasteiger charge is -2.19. The molecule has 0 fully saturated rings. The third-order valence-corrected chi connectivity index (χ3v) is 4.16. The molecule has 0 aliphatic rings. The molecule has 1 heterocycles. The van der Waals surface area contributed by atoms with Gasteiger partial charge >= 0.3 is 0 Å². The molecule has 0 aliphatic heterocycles. The number of carbonyl (C=O) groups is 1. The van der Waals surface area contributed by atoms with Crippen molar-refractivity contribution in [3.8, 4) is 0 Å². The van der Waals surface area contributed by atoms with Crippen LogP contribution in [0, 0.1) is 5.82 Å². The van der Waals surface area contributed by atoms with Crippen LogP contribution in [0.1, 0.15) is 19.4 Å². The van der Waals surface area contributed by atoms with E-state index >= 15 is 0 Å². The number of aliphatic hydroxyl groups is 1. The van der Waals surface area contributed by atoms with Crippen LogP contribution in [0.5, 0.6) is 0 Å². The summed E-state index contributed by atoms with van der Waals surface area (Å²) in [5.41, 5.74) is -0.479. The predicted molar refractivity (Wildman–Crippen MR) is 103 cm³/mol. The fourth-order valence-corrected chi connectivity index (χ4v) is 2.98. The van der Waals surface area contributed by atoms with E-state index in [0.29, 0.717) is 22.0 Å². The Bertz CT molecular complexity index is 1050. The lowest BCUT2D eigenvalue weighted by Crippen LogP contribution is -2.32. The maximum absolute atomic E-state index is 13.7. The zero-order valence-corrected chi connectivity index (χ0v) is 15.2. The lowest BCUT2D eigenvalue weighted by molar-refractivity contribution is -0.115. The van der Waals surface area contributed by atoms with Crippen molar-refractivity contribution in [3.63, 3.8) is 0 Å². The smallest absolute Gasteiger partial charge is 0.258 e. The molecule has 0 atom stereocenters. The number of hydrogen-bond donors (Lipinski definition) is 2. The third kappa shape index (κ3) is 4.41. The van der Waals surface area contributed by atoms with Gasteiger partial charge in [-0.2, -0.15) is 0 Å². The van der Waals surface area contributed by atoms with Crippen LogP contribution in [0.25, 0.3) is 10.8 Å². The second-order valence-corrected chi connectivity index (χ2v) is 7.14.